The summed E-state index contributed by atoms with van der Waals surface area (Å²) in [6, 6.07) is 2.98. The van der Waals surface area contributed by atoms with Gasteiger partial charge in [-0.15, -0.1) is 0 Å². The van der Waals surface area contributed by atoms with Gasteiger partial charge in [0.1, 0.15) is 0 Å². The second-order valence-corrected chi connectivity index (χ2v) is 5.38. The number of ether oxygens (including phenoxy) is 1. The second kappa shape index (κ2) is 7.13. The normalized spacial score (nSPS) is 16.1. The van der Waals surface area contributed by atoms with E-state index in [9.17, 15) is 4.79 Å². The quantitative estimate of drug-likeness (QED) is 0.828. The predicted octanol–water partition coefficient (Wildman–Crippen LogP) is 1.64. The molecular weight excluding hydrogens is 301 g/mol. The van der Waals surface area contributed by atoms with Gasteiger partial charge in [-0.1, -0.05) is 23.2 Å². The third kappa shape index (κ3) is 3.99. The highest BCUT2D eigenvalue weighted by Crippen LogP contribution is 2.27. The summed E-state index contributed by atoms with van der Waals surface area (Å²) in [5.41, 5.74) is 6.45. The molecule has 110 valence electrons. The number of anilines is 1. The van der Waals surface area contributed by atoms with Crippen molar-refractivity contribution in [1.29, 1.82) is 0 Å². The lowest BCUT2D eigenvalue weighted by Gasteiger charge is -2.26. The molecule has 0 radical (unpaired) electrons. The lowest BCUT2D eigenvalue weighted by atomic mass is 10.1. The summed E-state index contributed by atoms with van der Waals surface area (Å²) < 4.78 is 5.26. The Morgan fingerprint density at radius 3 is 2.65 bits per heavy atom. The van der Waals surface area contributed by atoms with Crippen LogP contribution in [0.5, 0.6) is 0 Å². The highest BCUT2D eigenvalue weighted by molar-refractivity contribution is 6.42. The number of amides is 1. The van der Waals surface area contributed by atoms with Gasteiger partial charge in [0.05, 0.1) is 28.8 Å². The lowest BCUT2D eigenvalue weighted by molar-refractivity contribution is 0.0383. The molecule has 1 amide bonds. The van der Waals surface area contributed by atoms with E-state index in [-0.39, 0.29) is 5.91 Å². The largest absolute Gasteiger partial charge is 0.398 e. The zero-order valence-corrected chi connectivity index (χ0v) is 12.5. The molecular formula is C13H17Cl2N3O2. The van der Waals surface area contributed by atoms with Crippen molar-refractivity contribution in [1.82, 2.24) is 10.2 Å². The van der Waals surface area contributed by atoms with E-state index >= 15 is 0 Å². The van der Waals surface area contributed by atoms with Gasteiger partial charge in [-0.2, -0.15) is 0 Å². The van der Waals surface area contributed by atoms with Crippen LogP contribution in [0.4, 0.5) is 5.69 Å². The number of carbonyl (C=O) groups is 1. The Kier molecular flexibility index (Phi) is 5.48. The molecule has 0 saturated carbocycles. The first kappa shape index (κ1) is 15.4. The fraction of sp³-hybridized carbons (Fsp3) is 0.462. The fourth-order valence-corrected chi connectivity index (χ4v) is 2.34. The molecule has 5 nitrogen and oxygen atoms in total. The molecule has 7 heteroatoms. The summed E-state index contributed by atoms with van der Waals surface area (Å²) in [4.78, 5) is 14.3. The minimum atomic E-state index is -0.241. The maximum Gasteiger partial charge on any atom is 0.253 e. The Bertz CT molecular complexity index is 491. The fourth-order valence-electron chi connectivity index (χ4n) is 2.01. The molecule has 1 aliphatic rings. The number of nitrogens with zero attached hydrogens (tertiary/aromatic N) is 1. The predicted molar refractivity (Wildman–Crippen MR) is 80.5 cm³/mol. The Balaban J connectivity index is 1.87. The van der Waals surface area contributed by atoms with Gasteiger partial charge >= 0.3 is 0 Å². The first-order valence-corrected chi connectivity index (χ1v) is 7.16. The number of nitrogens with two attached hydrogens (primary N) is 1. The van der Waals surface area contributed by atoms with Crippen molar-refractivity contribution in [2.75, 3.05) is 45.1 Å². The third-order valence-electron chi connectivity index (χ3n) is 3.15. The minimum Gasteiger partial charge on any atom is -0.398 e. The average Bonchev–Trinajstić information content (AvgIpc) is 2.44. The lowest BCUT2D eigenvalue weighted by Crippen LogP contribution is -2.41. The average molecular weight is 318 g/mol. The number of carbonyl (C=O) groups excluding carboxylic acids is 1. The minimum absolute atomic E-state index is 0.241. The van der Waals surface area contributed by atoms with E-state index in [0.717, 1.165) is 32.8 Å². The van der Waals surface area contributed by atoms with Gasteiger partial charge in [-0.3, -0.25) is 9.69 Å². The Morgan fingerprint density at radius 2 is 1.95 bits per heavy atom. The van der Waals surface area contributed by atoms with Gasteiger partial charge in [0.25, 0.3) is 5.91 Å². The van der Waals surface area contributed by atoms with Crippen LogP contribution < -0.4 is 11.1 Å². The summed E-state index contributed by atoms with van der Waals surface area (Å²) in [6.07, 6.45) is 0. The smallest absolute Gasteiger partial charge is 0.253 e. The van der Waals surface area contributed by atoms with Gasteiger partial charge in [-0.05, 0) is 12.1 Å². The molecule has 0 atom stereocenters. The molecule has 2 rings (SSSR count). The van der Waals surface area contributed by atoms with E-state index in [1.165, 1.54) is 12.1 Å². The van der Waals surface area contributed by atoms with Gasteiger partial charge in [0.15, 0.2) is 0 Å². The zero-order chi connectivity index (χ0) is 14.5. The summed E-state index contributed by atoms with van der Waals surface area (Å²) >= 11 is 11.7. The highest BCUT2D eigenvalue weighted by Gasteiger charge is 2.14. The number of morpholine rings is 1. The molecule has 1 saturated heterocycles. The van der Waals surface area contributed by atoms with Crippen LogP contribution in [0.1, 0.15) is 10.4 Å². The summed E-state index contributed by atoms with van der Waals surface area (Å²) in [7, 11) is 0. The number of nitrogens with one attached hydrogen (secondary N) is 1. The molecule has 0 bridgehead atoms. The van der Waals surface area contributed by atoms with E-state index in [2.05, 4.69) is 10.2 Å². The van der Waals surface area contributed by atoms with Gasteiger partial charge in [0.2, 0.25) is 0 Å². The van der Waals surface area contributed by atoms with Crippen molar-refractivity contribution in [2.45, 2.75) is 0 Å². The van der Waals surface area contributed by atoms with Crippen molar-refractivity contribution in [2.24, 2.45) is 0 Å². The number of rotatable bonds is 4. The highest BCUT2D eigenvalue weighted by atomic mass is 35.5. The Hall–Kier alpha value is -1.01. The first-order valence-electron chi connectivity index (χ1n) is 6.41. The molecule has 1 aromatic carbocycles. The number of nitrogen functional groups attached to an aromatic ring is 1. The van der Waals surface area contributed by atoms with E-state index in [1.807, 2.05) is 0 Å². The topological polar surface area (TPSA) is 67.6 Å². The van der Waals surface area contributed by atoms with Gasteiger partial charge in [0, 0.05) is 31.9 Å². The van der Waals surface area contributed by atoms with E-state index < -0.39 is 0 Å². The third-order valence-corrected chi connectivity index (χ3v) is 3.88. The molecule has 1 heterocycles. The molecule has 0 unspecified atom stereocenters. The summed E-state index contributed by atoms with van der Waals surface area (Å²) in [5.74, 6) is -0.241. The maximum absolute atomic E-state index is 12.0. The van der Waals surface area contributed by atoms with Gasteiger partial charge in [-0.25, -0.2) is 0 Å². The van der Waals surface area contributed by atoms with Crippen molar-refractivity contribution in [3.05, 3.63) is 27.7 Å². The van der Waals surface area contributed by atoms with Crippen molar-refractivity contribution < 1.29 is 9.53 Å². The summed E-state index contributed by atoms with van der Waals surface area (Å²) in [6.45, 7) is 4.62. The van der Waals surface area contributed by atoms with Crippen LogP contribution in [0.15, 0.2) is 12.1 Å². The van der Waals surface area contributed by atoms with Gasteiger partial charge < -0.3 is 15.8 Å². The van der Waals surface area contributed by atoms with E-state index in [4.69, 9.17) is 33.7 Å². The maximum atomic E-state index is 12.0. The van der Waals surface area contributed by atoms with Crippen LogP contribution in [0.2, 0.25) is 10.0 Å². The van der Waals surface area contributed by atoms with Crippen molar-refractivity contribution in [3.63, 3.8) is 0 Å². The monoisotopic (exact) mass is 317 g/mol. The summed E-state index contributed by atoms with van der Waals surface area (Å²) in [5, 5.41) is 3.49. The van der Waals surface area contributed by atoms with Crippen LogP contribution in [-0.2, 0) is 4.74 Å². The molecule has 1 fully saturated rings. The number of halogens is 2. The molecule has 0 spiro atoms. The van der Waals surface area contributed by atoms with Crippen LogP contribution >= 0.6 is 23.2 Å². The van der Waals surface area contributed by atoms with E-state index in [1.54, 1.807) is 0 Å². The number of benzene rings is 1. The van der Waals surface area contributed by atoms with Crippen LogP contribution in [0.3, 0.4) is 0 Å². The van der Waals surface area contributed by atoms with Crippen LogP contribution in [0, 0.1) is 0 Å². The molecule has 0 aromatic heterocycles. The molecule has 20 heavy (non-hydrogen) atoms. The molecule has 0 aliphatic carbocycles. The molecule has 1 aromatic rings. The van der Waals surface area contributed by atoms with E-state index in [0.29, 0.717) is 27.8 Å². The molecule has 3 N–H and O–H groups in total. The zero-order valence-electron chi connectivity index (χ0n) is 11.0. The number of hydrogen-bond donors (Lipinski definition) is 2. The first-order chi connectivity index (χ1) is 9.58. The van der Waals surface area contributed by atoms with Crippen molar-refractivity contribution >= 4 is 34.8 Å². The van der Waals surface area contributed by atoms with Crippen LogP contribution in [0.25, 0.3) is 0 Å². The molecule has 1 aliphatic heterocycles. The Labute approximate surface area is 128 Å². The number of hydrogen-bond acceptors (Lipinski definition) is 4. The standard InChI is InChI=1S/C13H17Cl2N3O2/c14-10-7-9(12(16)8-11(10)15)13(19)17-1-2-18-3-5-20-6-4-18/h7-8H,1-6,16H2,(H,17,19). The SMILES string of the molecule is Nc1cc(Cl)c(Cl)cc1C(=O)NCCN1CCOCC1. The van der Waals surface area contributed by atoms with Crippen LogP contribution in [-0.4, -0.2) is 50.2 Å². The second-order valence-electron chi connectivity index (χ2n) is 4.56. The Morgan fingerprint density at radius 1 is 1.30 bits per heavy atom. The van der Waals surface area contributed by atoms with Crippen molar-refractivity contribution in [3.8, 4) is 0 Å².